The van der Waals surface area contributed by atoms with E-state index in [0.29, 0.717) is 6.04 Å². The van der Waals surface area contributed by atoms with Gasteiger partial charge in [0.05, 0.1) is 19.3 Å². The van der Waals surface area contributed by atoms with Gasteiger partial charge in [0.1, 0.15) is 11.6 Å². The van der Waals surface area contributed by atoms with Crippen LogP contribution in [-0.4, -0.2) is 54.1 Å². The van der Waals surface area contributed by atoms with Gasteiger partial charge in [0.2, 0.25) is 0 Å². The zero-order valence-electron chi connectivity index (χ0n) is 17.7. The van der Waals surface area contributed by atoms with E-state index < -0.39 is 0 Å². The maximum atomic E-state index is 5.54. The lowest BCUT2D eigenvalue weighted by molar-refractivity contribution is 0.413. The van der Waals surface area contributed by atoms with Gasteiger partial charge in [0.15, 0.2) is 0 Å². The molecule has 1 aliphatic heterocycles. The minimum absolute atomic E-state index is 0.320. The van der Waals surface area contributed by atoms with E-state index in [0.717, 1.165) is 56.5 Å². The smallest absolute Gasteiger partial charge is 0.142 e. The molecule has 0 bridgehead atoms. The van der Waals surface area contributed by atoms with Crippen LogP contribution in [0.15, 0.2) is 61.1 Å². The molecule has 1 aromatic carbocycles. The summed E-state index contributed by atoms with van der Waals surface area (Å²) in [5.74, 6) is 2.01. The van der Waals surface area contributed by atoms with Crippen LogP contribution in [0.25, 0.3) is 0 Å². The summed E-state index contributed by atoms with van der Waals surface area (Å²) in [6, 6.07) is 14.7. The van der Waals surface area contributed by atoms with Crippen molar-refractivity contribution in [2.45, 2.75) is 26.1 Å². The molecule has 30 heavy (non-hydrogen) atoms. The molecule has 0 amide bonds. The summed E-state index contributed by atoms with van der Waals surface area (Å²) in [5, 5.41) is 7.90. The number of pyridine rings is 1. The Morgan fingerprint density at radius 3 is 2.57 bits per heavy atom. The number of rotatable bonds is 8. The number of methoxy groups -OCH3 is 1. The number of anilines is 2. The van der Waals surface area contributed by atoms with Crippen molar-refractivity contribution in [3.63, 3.8) is 0 Å². The fraction of sp³-hybridized carbons (Fsp3) is 0.391. The first kappa shape index (κ1) is 20.2. The van der Waals surface area contributed by atoms with Gasteiger partial charge in [0, 0.05) is 62.9 Å². The van der Waals surface area contributed by atoms with E-state index in [1.165, 1.54) is 5.56 Å². The molecule has 0 spiro atoms. The summed E-state index contributed by atoms with van der Waals surface area (Å²) in [6.07, 6.45) is 5.70. The highest BCUT2D eigenvalue weighted by molar-refractivity contribution is 5.60. The van der Waals surface area contributed by atoms with Gasteiger partial charge < -0.3 is 19.9 Å². The predicted octanol–water partition coefficient (Wildman–Crippen LogP) is 2.79. The van der Waals surface area contributed by atoms with E-state index in [4.69, 9.17) is 9.72 Å². The minimum atomic E-state index is 0.320. The Morgan fingerprint density at radius 1 is 1.00 bits per heavy atom. The lowest BCUT2D eigenvalue weighted by Gasteiger charge is -2.38. The zero-order chi connectivity index (χ0) is 20.8. The Kier molecular flexibility index (Phi) is 6.49. The SMILES string of the molecule is COc1ccccc1N1CCN(c2ncccc2CN[C@@H](C)Cn2cccn2)CC1. The van der Waals surface area contributed by atoms with Crippen LogP contribution >= 0.6 is 0 Å². The highest BCUT2D eigenvalue weighted by atomic mass is 16.5. The van der Waals surface area contributed by atoms with E-state index in [9.17, 15) is 0 Å². The van der Waals surface area contributed by atoms with Crippen LogP contribution < -0.4 is 19.9 Å². The average molecular weight is 407 g/mol. The van der Waals surface area contributed by atoms with Gasteiger partial charge in [-0.05, 0) is 31.2 Å². The van der Waals surface area contributed by atoms with Gasteiger partial charge in [0.25, 0.3) is 0 Å². The number of hydrogen-bond acceptors (Lipinski definition) is 6. The molecule has 7 heteroatoms. The summed E-state index contributed by atoms with van der Waals surface area (Å²) >= 11 is 0. The van der Waals surface area contributed by atoms with Crippen LogP contribution in [0.2, 0.25) is 0 Å². The molecule has 0 unspecified atom stereocenters. The van der Waals surface area contributed by atoms with Crippen molar-refractivity contribution in [3.05, 3.63) is 66.6 Å². The third kappa shape index (κ3) is 4.74. The second-order valence-electron chi connectivity index (χ2n) is 7.64. The second-order valence-corrected chi connectivity index (χ2v) is 7.64. The fourth-order valence-electron chi connectivity index (χ4n) is 3.94. The number of para-hydroxylation sites is 2. The largest absolute Gasteiger partial charge is 0.495 e. The molecule has 158 valence electrons. The molecule has 3 heterocycles. The van der Waals surface area contributed by atoms with Crippen molar-refractivity contribution in [1.29, 1.82) is 0 Å². The normalized spacial score (nSPS) is 15.3. The Morgan fingerprint density at radius 2 is 1.80 bits per heavy atom. The van der Waals surface area contributed by atoms with Gasteiger partial charge in [-0.25, -0.2) is 4.98 Å². The number of aromatic nitrogens is 3. The number of piperazine rings is 1. The second kappa shape index (κ2) is 9.63. The minimum Gasteiger partial charge on any atom is -0.495 e. The van der Waals surface area contributed by atoms with Gasteiger partial charge in [-0.2, -0.15) is 5.10 Å². The van der Waals surface area contributed by atoms with E-state index in [1.54, 1.807) is 7.11 Å². The molecule has 1 fully saturated rings. The van der Waals surface area contributed by atoms with Crippen LogP contribution in [-0.2, 0) is 13.1 Å². The van der Waals surface area contributed by atoms with Crippen molar-refractivity contribution in [3.8, 4) is 5.75 Å². The number of nitrogens with one attached hydrogen (secondary N) is 1. The third-order valence-electron chi connectivity index (χ3n) is 5.53. The maximum absolute atomic E-state index is 5.54. The topological polar surface area (TPSA) is 58.5 Å². The Labute approximate surface area is 178 Å². The van der Waals surface area contributed by atoms with E-state index in [1.807, 2.05) is 47.5 Å². The third-order valence-corrected chi connectivity index (χ3v) is 5.53. The van der Waals surface area contributed by atoms with Crippen LogP contribution in [0.1, 0.15) is 12.5 Å². The van der Waals surface area contributed by atoms with Crippen molar-refractivity contribution in [2.24, 2.45) is 0 Å². The fourth-order valence-corrected chi connectivity index (χ4v) is 3.94. The summed E-state index contributed by atoms with van der Waals surface area (Å²) < 4.78 is 7.50. The quantitative estimate of drug-likeness (QED) is 0.621. The molecule has 1 N–H and O–H groups in total. The molecule has 1 aliphatic rings. The molecule has 1 atom stereocenters. The molecule has 1 saturated heterocycles. The summed E-state index contributed by atoms with van der Waals surface area (Å²) in [4.78, 5) is 9.49. The standard InChI is InChI=1S/C23H30N6O/c1-19(18-29-12-6-11-26-29)25-17-20-7-5-10-24-23(20)28-15-13-27(14-16-28)21-8-3-4-9-22(21)30-2/h3-12,19,25H,13-18H2,1-2H3/t19-/m0/s1. The van der Waals surface area contributed by atoms with Crippen molar-refractivity contribution >= 4 is 11.5 Å². The first-order valence-corrected chi connectivity index (χ1v) is 10.5. The monoisotopic (exact) mass is 406 g/mol. The van der Waals surface area contributed by atoms with Crippen LogP contribution in [0, 0.1) is 0 Å². The molecule has 0 saturated carbocycles. The molecular weight excluding hydrogens is 376 g/mol. The highest BCUT2D eigenvalue weighted by Crippen LogP contribution is 2.29. The Balaban J connectivity index is 1.37. The van der Waals surface area contributed by atoms with Gasteiger partial charge in [-0.1, -0.05) is 18.2 Å². The van der Waals surface area contributed by atoms with Crippen LogP contribution in [0.3, 0.4) is 0 Å². The molecule has 3 aromatic rings. The molecule has 7 nitrogen and oxygen atoms in total. The first-order valence-electron chi connectivity index (χ1n) is 10.5. The number of ether oxygens (including phenoxy) is 1. The molecule has 0 aliphatic carbocycles. The number of benzene rings is 1. The van der Waals surface area contributed by atoms with Crippen LogP contribution in [0.4, 0.5) is 11.5 Å². The average Bonchev–Trinajstić information content (AvgIpc) is 3.31. The summed E-state index contributed by atoms with van der Waals surface area (Å²) in [5.41, 5.74) is 2.39. The number of nitrogens with zero attached hydrogens (tertiary/aromatic N) is 5. The first-order chi connectivity index (χ1) is 14.7. The van der Waals surface area contributed by atoms with Crippen molar-refractivity contribution in [1.82, 2.24) is 20.1 Å². The van der Waals surface area contributed by atoms with Gasteiger partial charge in [-0.15, -0.1) is 0 Å². The Hall–Kier alpha value is -3.06. The predicted molar refractivity (Wildman–Crippen MR) is 120 cm³/mol. The number of hydrogen-bond donors (Lipinski definition) is 1. The lowest BCUT2D eigenvalue weighted by atomic mass is 10.2. The molecular formula is C23H30N6O. The van der Waals surface area contributed by atoms with Gasteiger partial charge >= 0.3 is 0 Å². The highest BCUT2D eigenvalue weighted by Gasteiger charge is 2.22. The summed E-state index contributed by atoms with van der Waals surface area (Å²) in [7, 11) is 1.73. The van der Waals surface area contributed by atoms with Crippen molar-refractivity contribution in [2.75, 3.05) is 43.1 Å². The summed E-state index contributed by atoms with van der Waals surface area (Å²) in [6.45, 7) is 7.58. The van der Waals surface area contributed by atoms with E-state index in [-0.39, 0.29) is 0 Å². The lowest BCUT2D eigenvalue weighted by Crippen LogP contribution is -2.47. The molecule has 2 aromatic heterocycles. The van der Waals surface area contributed by atoms with E-state index >= 15 is 0 Å². The van der Waals surface area contributed by atoms with E-state index in [2.05, 4.69) is 45.3 Å². The van der Waals surface area contributed by atoms with Crippen LogP contribution in [0.5, 0.6) is 5.75 Å². The maximum Gasteiger partial charge on any atom is 0.142 e. The molecule has 0 radical (unpaired) electrons. The van der Waals surface area contributed by atoms with Gasteiger partial charge in [-0.3, -0.25) is 4.68 Å². The zero-order valence-corrected chi connectivity index (χ0v) is 17.7. The molecule has 4 rings (SSSR count). The Bertz CT molecular complexity index is 921. The van der Waals surface area contributed by atoms with Crippen molar-refractivity contribution < 1.29 is 4.74 Å².